The van der Waals surface area contributed by atoms with Gasteiger partial charge in [-0.05, 0) is 27.2 Å². The SMILES string of the molecule is CC(C)(C)OC(=O)NCC1=NOC2OCCC12. The van der Waals surface area contributed by atoms with E-state index in [2.05, 4.69) is 10.5 Å². The molecule has 0 aromatic carbocycles. The Kier molecular flexibility index (Phi) is 3.24. The van der Waals surface area contributed by atoms with Crippen LogP contribution in [0.2, 0.25) is 0 Å². The molecule has 0 aliphatic carbocycles. The standard InChI is InChI=1S/C11H18N2O4/c1-11(2,3)16-10(14)12-6-8-7-4-5-15-9(7)17-13-8/h7,9H,4-6H2,1-3H3,(H,12,14). The molecule has 6 nitrogen and oxygen atoms in total. The van der Waals surface area contributed by atoms with Crippen LogP contribution in [0, 0.1) is 5.92 Å². The first-order chi connectivity index (χ1) is 7.96. The van der Waals surface area contributed by atoms with Gasteiger partial charge in [-0.1, -0.05) is 5.16 Å². The molecule has 1 fully saturated rings. The zero-order valence-corrected chi connectivity index (χ0v) is 10.4. The number of alkyl carbamates (subject to hydrolysis) is 1. The van der Waals surface area contributed by atoms with Crippen LogP contribution in [0.4, 0.5) is 4.79 Å². The van der Waals surface area contributed by atoms with E-state index in [1.807, 2.05) is 20.8 Å². The second-order valence-corrected chi connectivity index (χ2v) is 5.18. The van der Waals surface area contributed by atoms with Crippen molar-refractivity contribution in [2.45, 2.75) is 39.1 Å². The molecule has 2 rings (SSSR count). The fourth-order valence-corrected chi connectivity index (χ4v) is 1.82. The highest BCUT2D eigenvalue weighted by molar-refractivity contribution is 5.91. The first-order valence-corrected chi connectivity index (χ1v) is 5.77. The molecule has 2 atom stereocenters. The molecule has 2 heterocycles. The van der Waals surface area contributed by atoms with E-state index in [1.54, 1.807) is 0 Å². The van der Waals surface area contributed by atoms with Gasteiger partial charge >= 0.3 is 6.09 Å². The molecule has 2 aliphatic rings. The molecule has 0 spiro atoms. The first-order valence-electron chi connectivity index (χ1n) is 5.77. The third-order valence-electron chi connectivity index (χ3n) is 2.55. The number of hydrogen-bond acceptors (Lipinski definition) is 5. The van der Waals surface area contributed by atoms with E-state index in [9.17, 15) is 4.79 Å². The van der Waals surface area contributed by atoms with Crippen LogP contribution in [0.3, 0.4) is 0 Å². The van der Waals surface area contributed by atoms with Crippen molar-refractivity contribution in [2.24, 2.45) is 11.1 Å². The van der Waals surface area contributed by atoms with Gasteiger partial charge in [-0.2, -0.15) is 0 Å². The van der Waals surface area contributed by atoms with Gasteiger partial charge in [0.1, 0.15) is 5.60 Å². The average molecular weight is 242 g/mol. The molecular formula is C11H18N2O4. The van der Waals surface area contributed by atoms with Crippen LogP contribution in [0.15, 0.2) is 5.16 Å². The molecule has 1 amide bonds. The van der Waals surface area contributed by atoms with Gasteiger partial charge in [0.2, 0.25) is 6.29 Å². The molecular weight excluding hydrogens is 224 g/mol. The number of amides is 1. The van der Waals surface area contributed by atoms with Gasteiger partial charge in [-0.15, -0.1) is 0 Å². The summed E-state index contributed by atoms with van der Waals surface area (Å²) in [5, 5.41) is 6.58. The monoisotopic (exact) mass is 242 g/mol. The lowest BCUT2D eigenvalue weighted by molar-refractivity contribution is -0.106. The predicted molar refractivity (Wildman–Crippen MR) is 60.6 cm³/mol. The molecule has 17 heavy (non-hydrogen) atoms. The molecule has 96 valence electrons. The van der Waals surface area contributed by atoms with Crippen LogP contribution in [0.25, 0.3) is 0 Å². The smallest absolute Gasteiger partial charge is 0.407 e. The van der Waals surface area contributed by atoms with E-state index < -0.39 is 11.7 Å². The lowest BCUT2D eigenvalue weighted by Gasteiger charge is -2.19. The number of hydrogen-bond donors (Lipinski definition) is 1. The summed E-state index contributed by atoms with van der Waals surface area (Å²) < 4.78 is 10.4. The minimum Gasteiger partial charge on any atom is -0.444 e. The number of nitrogens with zero attached hydrogens (tertiary/aromatic N) is 1. The highest BCUT2D eigenvalue weighted by Crippen LogP contribution is 2.28. The number of ether oxygens (including phenoxy) is 2. The topological polar surface area (TPSA) is 69.2 Å². The molecule has 0 aromatic heterocycles. The van der Waals surface area contributed by atoms with Crippen LogP contribution in [-0.2, 0) is 14.3 Å². The van der Waals surface area contributed by atoms with E-state index >= 15 is 0 Å². The Balaban J connectivity index is 1.77. The van der Waals surface area contributed by atoms with E-state index in [1.165, 1.54) is 0 Å². The van der Waals surface area contributed by atoms with Gasteiger partial charge in [0.05, 0.1) is 24.8 Å². The van der Waals surface area contributed by atoms with Gasteiger partial charge in [0.15, 0.2) is 0 Å². The van der Waals surface area contributed by atoms with Gasteiger partial charge in [0.25, 0.3) is 0 Å². The third kappa shape index (κ3) is 3.09. The summed E-state index contributed by atoms with van der Waals surface area (Å²) in [5.41, 5.74) is 0.329. The first kappa shape index (κ1) is 12.2. The van der Waals surface area contributed by atoms with Crippen molar-refractivity contribution in [3.05, 3.63) is 0 Å². The second kappa shape index (κ2) is 4.52. The van der Waals surface area contributed by atoms with Crippen molar-refractivity contribution < 1.29 is 19.1 Å². The molecule has 0 aromatic rings. The molecule has 0 bridgehead atoms. The fraction of sp³-hybridized carbons (Fsp3) is 0.818. The maximum absolute atomic E-state index is 11.4. The Morgan fingerprint density at radius 3 is 3.06 bits per heavy atom. The van der Waals surface area contributed by atoms with Crippen molar-refractivity contribution in [3.8, 4) is 0 Å². The number of rotatable bonds is 2. The molecule has 1 N–H and O–H groups in total. The molecule has 2 unspecified atom stereocenters. The highest BCUT2D eigenvalue weighted by atomic mass is 16.8. The van der Waals surface area contributed by atoms with Gasteiger partial charge in [0, 0.05) is 0 Å². The largest absolute Gasteiger partial charge is 0.444 e. The molecule has 2 aliphatic heterocycles. The van der Waals surface area contributed by atoms with Crippen LogP contribution < -0.4 is 5.32 Å². The summed E-state index contributed by atoms with van der Waals surface area (Å²) in [5.74, 6) is 0.171. The summed E-state index contributed by atoms with van der Waals surface area (Å²) >= 11 is 0. The molecule has 6 heteroatoms. The molecule has 1 saturated heterocycles. The van der Waals surface area contributed by atoms with Crippen molar-refractivity contribution in [2.75, 3.05) is 13.2 Å². The normalized spacial score (nSPS) is 27.1. The van der Waals surface area contributed by atoms with Gasteiger partial charge in [-0.3, -0.25) is 0 Å². The van der Waals surface area contributed by atoms with Crippen LogP contribution in [0.5, 0.6) is 0 Å². The van der Waals surface area contributed by atoms with E-state index in [-0.39, 0.29) is 12.2 Å². The molecule has 0 saturated carbocycles. The second-order valence-electron chi connectivity index (χ2n) is 5.18. The Bertz CT molecular complexity index is 335. The maximum atomic E-state index is 11.4. The minimum atomic E-state index is -0.489. The van der Waals surface area contributed by atoms with Crippen LogP contribution in [0.1, 0.15) is 27.2 Å². The van der Waals surface area contributed by atoms with Crippen LogP contribution >= 0.6 is 0 Å². The van der Waals surface area contributed by atoms with E-state index in [4.69, 9.17) is 14.3 Å². The number of nitrogens with one attached hydrogen (secondary N) is 1. The van der Waals surface area contributed by atoms with Crippen molar-refractivity contribution >= 4 is 11.8 Å². The van der Waals surface area contributed by atoms with Crippen molar-refractivity contribution in [1.29, 1.82) is 0 Å². The lowest BCUT2D eigenvalue weighted by Crippen LogP contribution is -2.37. The lowest BCUT2D eigenvalue weighted by atomic mass is 10.0. The zero-order chi connectivity index (χ0) is 12.5. The van der Waals surface area contributed by atoms with Crippen molar-refractivity contribution in [1.82, 2.24) is 5.32 Å². The molecule has 0 radical (unpaired) electrons. The van der Waals surface area contributed by atoms with Gasteiger partial charge in [-0.25, -0.2) is 4.79 Å². The summed E-state index contributed by atoms with van der Waals surface area (Å²) in [6.07, 6.45) is 0.187. The quantitative estimate of drug-likeness (QED) is 0.791. The Hall–Kier alpha value is -1.30. The van der Waals surface area contributed by atoms with E-state index in [0.29, 0.717) is 13.2 Å². The Labute approximate surface area is 100 Å². The number of fused-ring (bicyclic) bond motifs is 1. The summed E-state index contributed by atoms with van der Waals surface area (Å²) in [4.78, 5) is 16.5. The summed E-state index contributed by atoms with van der Waals surface area (Å²) in [6, 6.07) is 0. The third-order valence-corrected chi connectivity index (χ3v) is 2.55. The zero-order valence-electron chi connectivity index (χ0n) is 10.4. The Morgan fingerprint density at radius 1 is 1.59 bits per heavy atom. The predicted octanol–water partition coefficient (Wildman–Crippen LogP) is 1.26. The van der Waals surface area contributed by atoms with E-state index in [0.717, 1.165) is 12.1 Å². The van der Waals surface area contributed by atoms with Crippen molar-refractivity contribution in [3.63, 3.8) is 0 Å². The summed E-state index contributed by atoms with van der Waals surface area (Å²) in [7, 11) is 0. The fourth-order valence-electron chi connectivity index (χ4n) is 1.82. The number of oxime groups is 1. The summed E-state index contributed by atoms with van der Waals surface area (Å²) in [6.45, 7) is 6.50. The van der Waals surface area contributed by atoms with Crippen LogP contribution in [-0.4, -0.2) is 36.8 Å². The minimum absolute atomic E-state index is 0.171. The number of carbonyl (C=O) groups excluding carboxylic acids is 1. The number of carbonyl (C=O) groups is 1. The average Bonchev–Trinajstić information content (AvgIpc) is 2.73. The maximum Gasteiger partial charge on any atom is 0.407 e. The van der Waals surface area contributed by atoms with Gasteiger partial charge < -0.3 is 19.6 Å². The Morgan fingerprint density at radius 2 is 2.35 bits per heavy atom. The highest BCUT2D eigenvalue weighted by Gasteiger charge is 2.39.